The highest BCUT2D eigenvalue weighted by molar-refractivity contribution is 5.94. The number of rotatable bonds is 5. The van der Waals surface area contributed by atoms with Crippen molar-refractivity contribution in [1.29, 1.82) is 0 Å². The zero-order chi connectivity index (χ0) is 27.0. The zero-order valence-corrected chi connectivity index (χ0v) is 24.0. The van der Waals surface area contributed by atoms with E-state index in [-0.39, 0.29) is 10.8 Å². The van der Waals surface area contributed by atoms with E-state index < -0.39 is 0 Å². The lowest BCUT2D eigenvalue weighted by Gasteiger charge is -2.29. The van der Waals surface area contributed by atoms with Crippen LogP contribution in [-0.2, 0) is 17.9 Å². The Hall–Kier alpha value is -3.72. The fourth-order valence-corrected chi connectivity index (χ4v) is 7.01. The van der Waals surface area contributed by atoms with Crippen LogP contribution in [0.5, 0.6) is 0 Å². The summed E-state index contributed by atoms with van der Waals surface area (Å²) in [4.78, 5) is 7.35. The predicted molar refractivity (Wildman–Crippen MR) is 163 cm³/mol. The lowest BCUT2D eigenvalue weighted by molar-refractivity contribution is 0.643. The molecule has 194 valence electrons. The van der Waals surface area contributed by atoms with Crippen LogP contribution < -0.4 is 0 Å². The number of aromatic nitrogens is 3. The standard InChI is InChI=1S/C35H39N3/c1-21(2)26-20-38(8)33-23(26)14-11-17-28(33)35(6,7)31-22(3)37-32-25(31)15-12-16-27(32)34(4,5)29-19-36-30-18-10-9-13-24(29)30/h9-21,36-37H,1-8H3. The van der Waals surface area contributed by atoms with Crippen molar-refractivity contribution < 1.29 is 0 Å². The van der Waals surface area contributed by atoms with Gasteiger partial charge in [0.2, 0.25) is 0 Å². The van der Waals surface area contributed by atoms with Crippen molar-refractivity contribution in [3.63, 3.8) is 0 Å². The molecule has 0 saturated heterocycles. The van der Waals surface area contributed by atoms with E-state index >= 15 is 0 Å². The predicted octanol–water partition coefficient (Wildman–Crippen LogP) is 9.22. The van der Waals surface area contributed by atoms with Crippen LogP contribution in [0.1, 0.15) is 81.0 Å². The first-order valence-electron chi connectivity index (χ1n) is 13.8. The van der Waals surface area contributed by atoms with E-state index in [0.29, 0.717) is 5.92 Å². The molecule has 0 fully saturated rings. The van der Waals surface area contributed by atoms with Gasteiger partial charge in [-0.1, -0.05) is 96.1 Å². The molecule has 3 aromatic carbocycles. The van der Waals surface area contributed by atoms with Crippen LogP contribution in [-0.4, -0.2) is 14.5 Å². The molecule has 0 aliphatic rings. The van der Waals surface area contributed by atoms with Crippen LogP contribution in [0.3, 0.4) is 0 Å². The van der Waals surface area contributed by atoms with Gasteiger partial charge < -0.3 is 14.5 Å². The second-order valence-corrected chi connectivity index (χ2v) is 12.4. The van der Waals surface area contributed by atoms with E-state index in [2.05, 4.69) is 143 Å². The van der Waals surface area contributed by atoms with Gasteiger partial charge in [0.15, 0.2) is 0 Å². The molecule has 0 saturated carbocycles. The molecule has 0 bridgehead atoms. The Kier molecular flexibility index (Phi) is 5.43. The summed E-state index contributed by atoms with van der Waals surface area (Å²) in [6, 6.07) is 22.3. The number of fused-ring (bicyclic) bond motifs is 3. The monoisotopic (exact) mass is 501 g/mol. The summed E-state index contributed by atoms with van der Waals surface area (Å²) in [6.45, 7) is 16.3. The minimum absolute atomic E-state index is 0.178. The number of nitrogens with zero attached hydrogens (tertiary/aromatic N) is 1. The average molecular weight is 502 g/mol. The molecule has 0 radical (unpaired) electrons. The highest BCUT2D eigenvalue weighted by atomic mass is 14.9. The van der Waals surface area contributed by atoms with Gasteiger partial charge in [-0.3, -0.25) is 0 Å². The molecule has 3 nitrogen and oxygen atoms in total. The number of benzene rings is 3. The Balaban J connectivity index is 1.57. The molecular weight excluding hydrogens is 462 g/mol. The minimum atomic E-state index is -0.189. The SMILES string of the molecule is Cc1[nH]c2c(C(C)(C)c3c[nH]c4ccccc34)cccc2c1C(C)(C)c1cccc2c(C(C)C)cn(C)c12. The van der Waals surface area contributed by atoms with Gasteiger partial charge in [-0.05, 0) is 46.7 Å². The van der Waals surface area contributed by atoms with Crippen molar-refractivity contribution in [3.8, 4) is 0 Å². The Morgan fingerprint density at radius 1 is 0.737 bits per heavy atom. The molecule has 6 rings (SSSR count). The molecule has 0 spiro atoms. The summed E-state index contributed by atoms with van der Waals surface area (Å²) in [7, 11) is 2.19. The van der Waals surface area contributed by atoms with E-state index in [4.69, 9.17) is 0 Å². The van der Waals surface area contributed by atoms with Crippen LogP contribution in [0.25, 0.3) is 32.7 Å². The first-order valence-corrected chi connectivity index (χ1v) is 13.8. The Labute approximate surface area is 225 Å². The van der Waals surface area contributed by atoms with Gasteiger partial charge in [-0.15, -0.1) is 0 Å². The van der Waals surface area contributed by atoms with Gasteiger partial charge in [0.1, 0.15) is 0 Å². The van der Waals surface area contributed by atoms with Gasteiger partial charge in [-0.2, -0.15) is 0 Å². The minimum Gasteiger partial charge on any atom is -0.361 e. The highest BCUT2D eigenvalue weighted by Gasteiger charge is 2.34. The van der Waals surface area contributed by atoms with Crippen LogP contribution in [0.4, 0.5) is 0 Å². The second-order valence-electron chi connectivity index (χ2n) is 12.4. The van der Waals surface area contributed by atoms with E-state index in [0.717, 1.165) is 0 Å². The molecule has 2 N–H and O–H groups in total. The third kappa shape index (κ3) is 3.41. The molecule has 3 heterocycles. The second kappa shape index (κ2) is 8.39. The largest absolute Gasteiger partial charge is 0.361 e. The lowest BCUT2D eigenvalue weighted by atomic mass is 9.74. The van der Waals surface area contributed by atoms with Crippen molar-refractivity contribution in [3.05, 3.63) is 107 Å². The molecular formula is C35H39N3. The molecule has 0 amide bonds. The number of nitrogens with one attached hydrogen (secondary N) is 2. The van der Waals surface area contributed by atoms with E-state index in [9.17, 15) is 0 Å². The molecule has 6 aromatic rings. The third-order valence-corrected chi connectivity index (χ3v) is 8.91. The van der Waals surface area contributed by atoms with Crippen molar-refractivity contribution >= 4 is 32.7 Å². The third-order valence-electron chi connectivity index (χ3n) is 8.91. The number of hydrogen-bond donors (Lipinski definition) is 2. The van der Waals surface area contributed by atoms with E-state index in [1.807, 2.05) is 0 Å². The fourth-order valence-electron chi connectivity index (χ4n) is 7.01. The van der Waals surface area contributed by atoms with Crippen molar-refractivity contribution in [1.82, 2.24) is 14.5 Å². The summed E-state index contributed by atoms with van der Waals surface area (Å²) in [6.07, 6.45) is 4.51. The first-order chi connectivity index (χ1) is 18.0. The van der Waals surface area contributed by atoms with Gasteiger partial charge in [-0.25, -0.2) is 0 Å². The van der Waals surface area contributed by atoms with Crippen molar-refractivity contribution in [2.24, 2.45) is 7.05 Å². The van der Waals surface area contributed by atoms with Gasteiger partial charge >= 0.3 is 0 Å². The first kappa shape index (κ1) is 24.6. The van der Waals surface area contributed by atoms with E-state index in [1.165, 1.54) is 66.2 Å². The number of aromatic amines is 2. The molecule has 38 heavy (non-hydrogen) atoms. The fraction of sp³-hybridized carbons (Fsp3) is 0.314. The Morgan fingerprint density at radius 3 is 2.13 bits per heavy atom. The van der Waals surface area contributed by atoms with Gasteiger partial charge in [0, 0.05) is 57.6 Å². The van der Waals surface area contributed by atoms with Gasteiger partial charge in [0.05, 0.1) is 11.0 Å². The van der Waals surface area contributed by atoms with Crippen LogP contribution in [0.15, 0.2) is 73.1 Å². The maximum Gasteiger partial charge on any atom is 0.0522 e. The number of para-hydroxylation sites is 3. The quantitative estimate of drug-likeness (QED) is 0.236. The summed E-state index contributed by atoms with van der Waals surface area (Å²) in [5.41, 5.74) is 11.4. The van der Waals surface area contributed by atoms with Crippen LogP contribution in [0, 0.1) is 6.92 Å². The molecule has 0 atom stereocenters. The number of hydrogen-bond acceptors (Lipinski definition) is 0. The maximum atomic E-state index is 3.86. The Morgan fingerprint density at radius 2 is 1.39 bits per heavy atom. The summed E-state index contributed by atoms with van der Waals surface area (Å²) in [5, 5.41) is 3.97. The van der Waals surface area contributed by atoms with Crippen molar-refractivity contribution in [2.75, 3.05) is 0 Å². The lowest BCUT2D eigenvalue weighted by Crippen LogP contribution is -2.21. The normalized spacial score (nSPS) is 13.0. The van der Waals surface area contributed by atoms with Gasteiger partial charge in [0.25, 0.3) is 0 Å². The molecule has 0 aliphatic carbocycles. The smallest absolute Gasteiger partial charge is 0.0522 e. The zero-order valence-electron chi connectivity index (χ0n) is 24.0. The maximum absolute atomic E-state index is 3.86. The molecule has 3 aromatic heterocycles. The van der Waals surface area contributed by atoms with Crippen LogP contribution in [0.2, 0.25) is 0 Å². The average Bonchev–Trinajstić information content (AvgIpc) is 3.56. The van der Waals surface area contributed by atoms with Crippen LogP contribution >= 0.6 is 0 Å². The molecule has 0 unspecified atom stereocenters. The topological polar surface area (TPSA) is 36.5 Å². The summed E-state index contributed by atoms with van der Waals surface area (Å²) < 4.78 is 2.33. The molecule has 3 heteroatoms. The summed E-state index contributed by atoms with van der Waals surface area (Å²) >= 11 is 0. The van der Waals surface area contributed by atoms with Crippen molar-refractivity contribution in [2.45, 2.75) is 65.2 Å². The molecule has 0 aliphatic heterocycles. The van der Waals surface area contributed by atoms with E-state index in [1.54, 1.807) is 0 Å². The summed E-state index contributed by atoms with van der Waals surface area (Å²) in [5.74, 6) is 0.487. The highest BCUT2D eigenvalue weighted by Crippen LogP contribution is 2.45. The number of H-pyrrole nitrogens is 2. The number of aryl methyl sites for hydroxylation is 2. The Bertz CT molecular complexity index is 1820.